The van der Waals surface area contributed by atoms with E-state index in [0.717, 1.165) is 25.2 Å². The minimum absolute atomic E-state index is 0.0101. The van der Waals surface area contributed by atoms with E-state index in [9.17, 15) is 14.9 Å². The number of likely N-dealkylation sites (N-methyl/N-ethyl adjacent to an activating group) is 1. The third kappa shape index (κ3) is 6.85. The molecule has 0 bridgehead atoms. The highest BCUT2D eigenvalue weighted by Gasteiger charge is 2.22. The highest BCUT2D eigenvalue weighted by molar-refractivity contribution is 5.78. The van der Waals surface area contributed by atoms with Gasteiger partial charge >= 0.3 is 0 Å². The molecule has 156 valence electrons. The van der Waals surface area contributed by atoms with Gasteiger partial charge in [0.15, 0.2) is 0 Å². The molecule has 1 aliphatic rings. The van der Waals surface area contributed by atoms with E-state index in [1.165, 1.54) is 6.07 Å². The number of nitrogens with zero attached hydrogens (tertiary/aromatic N) is 3. The minimum Gasteiger partial charge on any atom is -0.374 e. The molecule has 1 saturated heterocycles. The maximum atomic E-state index is 12.3. The Morgan fingerprint density at radius 2 is 2.18 bits per heavy atom. The zero-order valence-corrected chi connectivity index (χ0v) is 17.3. The highest BCUT2D eigenvalue weighted by Crippen LogP contribution is 2.22. The van der Waals surface area contributed by atoms with Gasteiger partial charge in [-0.15, -0.1) is 0 Å². The van der Waals surface area contributed by atoms with E-state index in [1.54, 1.807) is 12.1 Å². The van der Waals surface area contributed by atoms with Crippen molar-refractivity contribution < 1.29 is 14.5 Å². The van der Waals surface area contributed by atoms with Crippen LogP contribution in [0.25, 0.3) is 0 Å². The summed E-state index contributed by atoms with van der Waals surface area (Å²) < 4.78 is 5.76. The van der Waals surface area contributed by atoms with Crippen LogP contribution in [0.4, 0.5) is 5.69 Å². The van der Waals surface area contributed by atoms with Crippen molar-refractivity contribution in [3.05, 3.63) is 39.9 Å². The van der Waals surface area contributed by atoms with Gasteiger partial charge in [0, 0.05) is 44.4 Å². The Morgan fingerprint density at radius 3 is 2.86 bits per heavy atom. The molecule has 0 unspecified atom stereocenters. The van der Waals surface area contributed by atoms with Gasteiger partial charge in [0.05, 0.1) is 24.2 Å². The van der Waals surface area contributed by atoms with Crippen LogP contribution in [0.5, 0.6) is 0 Å². The second-order valence-electron chi connectivity index (χ2n) is 7.89. The molecule has 0 aromatic heterocycles. The van der Waals surface area contributed by atoms with Crippen LogP contribution in [0.1, 0.15) is 32.4 Å². The fourth-order valence-electron chi connectivity index (χ4n) is 3.39. The normalized spacial score (nSPS) is 19.0. The number of morpholine rings is 1. The van der Waals surface area contributed by atoms with Gasteiger partial charge in [-0.25, -0.2) is 0 Å². The van der Waals surface area contributed by atoms with Crippen LogP contribution in [-0.2, 0) is 9.53 Å². The Kier molecular flexibility index (Phi) is 8.35. The van der Waals surface area contributed by atoms with E-state index in [0.29, 0.717) is 19.1 Å². The van der Waals surface area contributed by atoms with Crippen LogP contribution in [0.2, 0.25) is 0 Å². The Balaban J connectivity index is 1.80. The average molecular weight is 393 g/mol. The van der Waals surface area contributed by atoms with Crippen molar-refractivity contribution in [2.75, 3.05) is 46.4 Å². The zero-order valence-electron chi connectivity index (χ0n) is 17.3. The molecule has 0 radical (unpaired) electrons. The van der Waals surface area contributed by atoms with Crippen molar-refractivity contribution >= 4 is 11.6 Å². The molecular weight excluding hydrogens is 360 g/mol. The van der Waals surface area contributed by atoms with Crippen LogP contribution in [0, 0.1) is 16.0 Å². The summed E-state index contributed by atoms with van der Waals surface area (Å²) in [6, 6.07) is 6.42. The standard InChI is InChI=1S/C20H32N4O4/c1-15(2)12-23-8-9-28-19(13-23)11-21-20(25)14-22(4)16(3)17-6-5-7-18(10-17)24(26)27/h5-7,10,15-16,19H,8-9,11-14H2,1-4H3,(H,21,25)/t16-,19+/m0/s1. The lowest BCUT2D eigenvalue weighted by Crippen LogP contribution is -2.49. The maximum Gasteiger partial charge on any atom is 0.269 e. The van der Waals surface area contributed by atoms with Crippen molar-refractivity contribution in [2.45, 2.75) is 32.9 Å². The molecule has 1 amide bonds. The average Bonchev–Trinajstić information content (AvgIpc) is 2.65. The third-order valence-corrected chi connectivity index (χ3v) is 4.99. The van der Waals surface area contributed by atoms with Gasteiger partial charge in [-0.3, -0.25) is 24.7 Å². The maximum absolute atomic E-state index is 12.3. The quantitative estimate of drug-likeness (QED) is 0.511. The molecule has 2 rings (SSSR count). The highest BCUT2D eigenvalue weighted by atomic mass is 16.6. The number of hydrogen-bond donors (Lipinski definition) is 1. The molecule has 28 heavy (non-hydrogen) atoms. The number of amides is 1. The summed E-state index contributed by atoms with van der Waals surface area (Å²) in [5, 5.41) is 13.9. The number of ether oxygens (including phenoxy) is 1. The van der Waals surface area contributed by atoms with Crippen LogP contribution in [0.15, 0.2) is 24.3 Å². The number of hydrogen-bond acceptors (Lipinski definition) is 6. The Bertz CT molecular complexity index is 667. The molecule has 0 saturated carbocycles. The summed E-state index contributed by atoms with van der Waals surface area (Å²) in [6.07, 6.45) is 0.0101. The monoisotopic (exact) mass is 392 g/mol. The van der Waals surface area contributed by atoms with E-state index in [-0.39, 0.29) is 30.3 Å². The van der Waals surface area contributed by atoms with Crippen molar-refractivity contribution in [2.24, 2.45) is 5.92 Å². The predicted molar refractivity (Wildman–Crippen MR) is 108 cm³/mol. The van der Waals surface area contributed by atoms with Gasteiger partial charge in [0.2, 0.25) is 5.91 Å². The van der Waals surface area contributed by atoms with Crippen molar-refractivity contribution in [3.63, 3.8) is 0 Å². The van der Waals surface area contributed by atoms with Gasteiger partial charge < -0.3 is 10.1 Å². The van der Waals surface area contributed by atoms with Crippen LogP contribution < -0.4 is 5.32 Å². The minimum atomic E-state index is -0.407. The lowest BCUT2D eigenvalue weighted by molar-refractivity contribution is -0.384. The van der Waals surface area contributed by atoms with E-state index in [1.807, 2.05) is 24.9 Å². The molecule has 8 heteroatoms. The lowest BCUT2D eigenvalue weighted by atomic mass is 10.1. The topological polar surface area (TPSA) is 88.0 Å². The first-order valence-corrected chi connectivity index (χ1v) is 9.81. The summed E-state index contributed by atoms with van der Waals surface area (Å²) >= 11 is 0. The number of non-ortho nitro benzene ring substituents is 1. The van der Waals surface area contributed by atoms with E-state index in [2.05, 4.69) is 24.1 Å². The van der Waals surface area contributed by atoms with Crippen LogP contribution >= 0.6 is 0 Å². The van der Waals surface area contributed by atoms with Crippen LogP contribution in [-0.4, -0.2) is 73.1 Å². The molecule has 0 spiro atoms. The number of benzene rings is 1. The zero-order chi connectivity index (χ0) is 20.7. The third-order valence-electron chi connectivity index (χ3n) is 4.99. The van der Waals surface area contributed by atoms with Crippen molar-refractivity contribution in [1.82, 2.24) is 15.1 Å². The number of rotatable bonds is 9. The molecular formula is C20H32N4O4. The van der Waals surface area contributed by atoms with Gasteiger partial charge in [0.1, 0.15) is 0 Å². The van der Waals surface area contributed by atoms with Gasteiger partial charge in [0.25, 0.3) is 5.69 Å². The molecule has 2 atom stereocenters. The number of carbonyl (C=O) groups is 1. The number of nitrogens with one attached hydrogen (secondary N) is 1. The fraction of sp³-hybridized carbons (Fsp3) is 0.650. The first kappa shape index (κ1) is 22.3. The second kappa shape index (κ2) is 10.5. The van der Waals surface area contributed by atoms with Gasteiger partial charge in [-0.2, -0.15) is 0 Å². The molecule has 1 aromatic rings. The number of nitro benzene ring substituents is 1. The second-order valence-corrected chi connectivity index (χ2v) is 7.89. The Labute approximate surface area is 167 Å². The Hall–Kier alpha value is -2.03. The molecule has 1 fully saturated rings. The molecule has 1 aromatic carbocycles. The number of nitro groups is 1. The first-order chi connectivity index (χ1) is 13.3. The molecule has 1 heterocycles. The number of carbonyl (C=O) groups excluding carboxylic acids is 1. The molecule has 0 aliphatic carbocycles. The lowest BCUT2D eigenvalue weighted by Gasteiger charge is -2.34. The van der Waals surface area contributed by atoms with Gasteiger partial charge in [-0.05, 0) is 25.5 Å². The van der Waals surface area contributed by atoms with E-state index >= 15 is 0 Å². The molecule has 1 aliphatic heterocycles. The van der Waals surface area contributed by atoms with Gasteiger partial charge in [-0.1, -0.05) is 26.0 Å². The van der Waals surface area contributed by atoms with E-state index in [4.69, 9.17) is 4.74 Å². The summed E-state index contributed by atoms with van der Waals surface area (Å²) in [5.41, 5.74) is 0.868. The van der Waals surface area contributed by atoms with Crippen LogP contribution in [0.3, 0.4) is 0 Å². The summed E-state index contributed by atoms with van der Waals surface area (Å²) in [6.45, 7) is 10.5. The largest absolute Gasteiger partial charge is 0.374 e. The predicted octanol–water partition coefficient (Wildman–Crippen LogP) is 2.06. The summed E-state index contributed by atoms with van der Waals surface area (Å²) in [7, 11) is 1.84. The SMILES string of the molecule is CC(C)CN1CCO[C@H](CNC(=O)CN(C)[C@@H](C)c2cccc([N+](=O)[O-])c2)C1. The smallest absolute Gasteiger partial charge is 0.269 e. The van der Waals surface area contributed by atoms with Crippen molar-refractivity contribution in [1.29, 1.82) is 0 Å². The van der Waals surface area contributed by atoms with E-state index < -0.39 is 4.92 Å². The summed E-state index contributed by atoms with van der Waals surface area (Å²) in [4.78, 5) is 27.1. The molecule has 8 nitrogen and oxygen atoms in total. The fourth-order valence-corrected chi connectivity index (χ4v) is 3.39. The van der Waals surface area contributed by atoms with Crippen molar-refractivity contribution in [3.8, 4) is 0 Å². The molecule has 1 N–H and O–H groups in total. The first-order valence-electron chi connectivity index (χ1n) is 9.81. The summed E-state index contributed by atoms with van der Waals surface area (Å²) in [5.74, 6) is 0.529. The Morgan fingerprint density at radius 1 is 1.43 bits per heavy atom.